The predicted octanol–water partition coefficient (Wildman–Crippen LogP) is 3.14. The van der Waals surface area contributed by atoms with Crippen molar-refractivity contribution in [3.63, 3.8) is 0 Å². The van der Waals surface area contributed by atoms with Gasteiger partial charge in [0.2, 0.25) is 0 Å². The van der Waals surface area contributed by atoms with Crippen molar-refractivity contribution >= 4 is 23.0 Å². The van der Waals surface area contributed by atoms with Gasteiger partial charge in [-0.1, -0.05) is 0 Å². The van der Waals surface area contributed by atoms with Crippen molar-refractivity contribution in [3.8, 4) is 6.07 Å². The van der Waals surface area contributed by atoms with Crippen LogP contribution in [0.3, 0.4) is 0 Å². The smallest absolute Gasteiger partial charge is 0.293 e. The number of hydrogen-bond acceptors (Lipinski definition) is 7. The van der Waals surface area contributed by atoms with E-state index < -0.39 is 4.92 Å². The maximum atomic E-state index is 11.5. The van der Waals surface area contributed by atoms with Crippen molar-refractivity contribution in [3.05, 3.63) is 57.8 Å². The van der Waals surface area contributed by atoms with E-state index in [1.165, 1.54) is 13.0 Å². The van der Waals surface area contributed by atoms with Gasteiger partial charge in [0, 0.05) is 37.0 Å². The van der Waals surface area contributed by atoms with Crippen molar-refractivity contribution in [1.29, 1.82) is 5.26 Å². The molecule has 1 fully saturated rings. The summed E-state index contributed by atoms with van der Waals surface area (Å²) in [7, 11) is 0. The van der Waals surface area contributed by atoms with Gasteiger partial charge in [-0.3, -0.25) is 14.9 Å². The number of nitrogens with zero attached hydrogens (tertiary/aromatic N) is 4. The van der Waals surface area contributed by atoms with Gasteiger partial charge in [-0.15, -0.1) is 0 Å². The Morgan fingerprint density at radius 2 is 2.07 bits per heavy atom. The summed E-state index contributed by atoms with van der Waals surface area (Å²) >= 11 is 0. The summed E-state index contributed by atoms with van der Waals surface area (Å²) in [5, 5.41) is 23.4. The Morgan fingerprint density at radius 3 is 2.63 bits per heavy atom. The van der Waals surface area contributed by atoms with Crippen LogP contribution in [0.1, 0.15) is 35.7 Å². The monoisotopic (exact) mass is 365 g/mol. The molecule has 2 aromatic rings. The highest BCUT2D eigenvalue weighted by atomic mass is 16.6. The zero-order valence-corrected chi connectivity index (χ0v) is 14.9. The quantitative estimate of drug-likeness (QED) is 0.492. The van der Waals surface area contributed by atoms with E-state index in [0.29, 0.717) is 16.8 Å². The molecule has 27 heavy (non-hydrogen) atoms. The molecule has 0 bridgehead atoms. The molecule has 0 atom stereocenters. The number of carbonyl (C=O) groups is 1. The van der Waals surface area contributed by atoms with Crippen molar-refractivity contribution in [2.75, 3.05) is 23.3 Å². The van der Waals surface area contributed by atoms with Gasteiger partial charge in [-0.2, -0.15) is 5.26 Å². The van der Waals surface area contributed by atoms with Crippen LogP contribution in [0.2, 0.25) is 0 Å². The number of pyridine rings is 1. The van der Waals surface area contributed by atoms with Gasteiger partial charge in [0.15, 0.2) is 5.78 Å². The average Bonchev–Trinajstić information content (AvgIpc) is 2.68. The summed E-state index contributed by atoms with van der Waals surface area (Å²) < 4.78 is 0. The number of nitrogens with one attached hydrogen (secondary N) is 1. The number of benzene rings is 1. The number of anilines is 2. The average molecular weight is 365 g/mol. The molecule has 2 heterocycles. The maximum Gasteiger partial charge on any atom is 0.293 e. The Morgan fingerprint density at radius 1 is 1.33 bits per heavy atom. The highest BCUT2D eigenvalue weighted by molar-refractivity contribution is 5.95. The van der Waals surface area contributed by atoms with Crippen LogP contribution in [0, 0.1) is 21.4 Å². The van der Waals surface area contributed by atoms with Crippen molar-refractivity contribution in [1.82, 2.24) is 4.98 Å². The number of hydrogen-bond donors (Lipinski definition) is 1. The van der Waals surface area contributed by atoms with E-state index in [9.17, 15) is 14.9 Å². The normalized spacial score (nSPS) is 14.4. The lowest BCUT2D eigenvalue weighted by atomic mass is 10.0. The van der Waals surface area contributed by atoms with Gasteiger partial charge in [-0.05, 0) is 44.0 Å². The Hall–Kier alpha value is -3.47. The molecule has 0 radical (unpaired) electrons. The summed E-state index contributed by atoms with van der Waals surface area (Å²) in [6.07, 6.45) is 3.15. The largest absolute Gasteiger partial charge is 0.377 e. The minimum absolute atomic E-state index is 0.0844. The zero-order valence-electron chi connectivity index (χ0n) is 14.9. The van der Waals surface area contributed by atoms with E-state index >= 15 is 0 Å². The summed E-state index contributed by atoms with van der Waals surface area (Å²) in [5.41, 5.74) is 1.20. The number of aromatic nitrogens is 1. The molecule has 1 N–H and O–H groups in total. The van der Waals surface area contributed by atoms with Gasteiger partial charge in [0.25, 0.3) is 5.69 Å². The molecule has 1 saturated heterocycles. The number of Topliss-reactive ketones (excluding diaryl/α,β-unsaturated/α-hetero) is 1. The third kappa shape index (κ3) is 4.20. The van der Waals surface area contributed by atoms with Crippen LogP contribution in [0.5, 0.6) is 0 Å². The van der Waals surface area contributed by atoms with Crippen LogP contribution in [-0.2, 0) is 0 Å². The molecule has 0 saturated carbocycles. The standard InChI is InChI=1S/C19H19N5O3/c1-13(25)15-3-4-17(18(10-15)24(26)27)22-16-6-8-23(9-7-16)19-5-2-14(11-20)12-21-19/h2-5,10,12,16,22H,6-9H2,1H3. The molecule has 1 aromatic carbocycles. The molecule has 0 amide bonds. The summed E-state index contributed by atoms with van der Waals surface area (Å²) in [6.45, 7) is 2.91. The Labute approximate surface area is 156 Å². The SMILES string of the molecule is CC(=O)c1ccc(NC2CCN(c3ccc(C#N)cn3)CC2)c([N+](=O)[O-])c1. The van der Waals surface area contributed by atoms with Gasteiger partial charge in [0.05, 0.1) is 10.5 Å². The predicted molar refractivity (Wildman–Crippen MR) is 101 cm³/mol. The van der Waals surface area contributed by atoms with Crippen LogP contribution in [0.4, 0.5) is 17.2 Å². The number of nitro groups is 1. The third-order valence-corrected chi connectivity index (χ3v) is 4.66. The molecular weight excluding hydrogens is 346 g/mol. The number of piperidine rings is 1. The number of carbonyl (C=O) groups excluding carboxylic acids is 1. The van der Waals surface area contributed by atoms with E-state index in [1.807, 2.05) is 12.1 Å². The van der Waals surface area contributed by atoms with Crippen LogP contribution < -0.4 is 10.2 Å². The van der Waals surface area contributed by atoms with E-state index in [4.69, 9.17) is 5.26 Å². The molecule has 0 aliphatic carbocycles. The first-order chi connectivity index (χ1) is 13.0. The lowest BCUT2D eigenvalue weighted by Crippen LogP contribution is -2.39. The van der Waals surface area contributed by atoms with Gasteiger partial charge in [0.1, 0.15) is 17.6 Å². The molecule has 8 nitrogen and oxygen atoms in total. The Balaban J connectivity index is 1.66. The third-order valence-electron chi connectivity index (χ3n) is 4.66. The van der Waals surface area contributed by atoms with Gasteiger partial charge >= 0.3 is 0 Å². The molecular formula is C19H19N5O3. The molecule has 8 heteroatoms. The minimum Gasteiger partial charge on any atom is -0.377 e. The van der Waals surface area contributed by atoms with Crippen LogP contribution in [0.25, 0.3) is 0 Å². The molecule has 3 rings (SSSR count). The van der Waals surface area contributed by atoms with E-state index in [-0.39, 0.29) is 17.5 Å². The lowest BCUT2D eigenvalue weighted by molar-refractivity contribution is -0.384. The molecule has 1 aromatic heterocycles. The Bertz CT molecular complexity index is 897. The zero-order chi connectivity index (χ0) is 19.4. The summed E-state index contributed by atoms with van der Waals surface area (Å²) in [6, 6.07) is 10.2. The Kier molecular flexibility index (Phi) is 5.31. The van der Waals surface area contributed by atoms with Crippen LogP contribution >= 0.6 is 0 Å². The number of nitriles is 1. The second kappa shape index (κ2) is 7.83. The highest BCUT2D eigenvalue weighted by Gasteiger charge is 2.23. The van der Waals surface area contributed by atoms with Crippen molar-refractivity contribution in [2.24, 2.45) is 0 Å². The first-order valence-electron chi connectivity index (χ1n) is 8.65. The summed E-state index contributed by atoms with van der Waals surface area (Å²) in [5.74, 6) is 0.622. The molecule has 0 spiro atoms. The topological polar surface area (TPSA) is 112 Å². The fourth-order valence-corrected chi connectivity index (χ4v) is 3.14. The summed E-state index contributed by atoms with van der Waals surface area (Å²) in [4.78, 5) is 28.8. The molecule has 0 unspecified atom stereocenters. The lowest BCUT2D eigenvalue weighted by Gasteiger charge is -2.33. The van der Waals surface area contributed by atoms with Gasteiger partial charge < -0.3 is 10.2 Å². The van der Waals surface area contributed by atoms with Crippen LogP contribution in [0.15, 0.2) is 36.5 Å². The van der Waals surface area contributed by atoms with E-state index in [0.717, 1.165) is 31.7 Å². The number of ketones is 1. The van der Waals surface area contributed by atoms with Crippen LogP contribution in [-0.4, -0.2) is 34.8 Å². The minimum atomic E-state index is -0.468. The number of rotatable bonds is 5. The fraction of sp³-hybridized carbons (Fsp3) is 0.316. The molecule has 1 aliphatic rings. The van der Waals surface area contributed by atoms with Crippen molar-refractivity contribution < 1.29 is 9.72 Å². The first kappa shape index (κ1) is 18.3. The maximum absolute atomic E-state index is 11.5. The molecule has 138 valence electrons. The first-order valence-corrected chi connectivity index (χ1v) is 8.65. The molecule has 1 aliphatic heterocycles. The van der Waals surface area contributed by atoms with E-state index in [2.05, 4.69) is 15.2 Å². The van der Waals surface area contributed by atoms with E-state index in [1.54, 1.807) is 24.4 Å². The van der Waals surface area contributed by atoms with Crippen molar-refractivity contribution in [2.45, 2.75) is 25.8 Å². The highest BCUT2D eigenvalue weighted by Crippen LogP contribution is 2.28. The number of nitro benzene ring substituents is 1. The van der Waals surface area contributed by atoms with Gasteiger partial charge in [-0.25, -0.2) is 4.98 Å². The fourth-order valence-electron chi connectivity index (χ4n) is 3.14. The second-order valence-electron chi connectivity index (χ2n) is 6.47. The second-order valence-corrected chi connectivity index (χ2v) is 6.47.